The number of hydrogen-bond acceptors (Lipinski definition) is 12. The molecule has 2 fully saturated rings. The van der Waals surface area contributed by atoms with Crippen molar-refractivity contribution < 1.29 is 51.9 Å². The summed E-state index contributed by atoms with van der Waals surface area (Å²) in [4.78, 5) is 0. The minimum absolute atomic E-state index is 0.225. The van der Waals surface area contributed by atoms with Gasteiger partial charge < -0.3 is 51.9 Å². The van der Waals surface area contributed by atoms with Crippen molar-refractivity contribution in [3.8, 4) is 11.5 Å². The van der Waals surface area contributed by atoms with E-state index < -0.39 is 76.6 Å². The van der Waals surface area contributed by atoms with Gasteiger partial charge in [0.1, 0.15) is 36.9 Å². The zero-order chi connectivity index (χ0) is 42.9. The first-order valence-corrected chi connectivity index (χ1v) is 45.6. The lowest BCUT2D eigenvalue weighted by Gasteiger charge is -2.44. The molecule has 0 N–H and O–H groups in total. The predicted octanol–water partition coefficient (Wildman–Crippen LogP) is 7.81. The van der Waals surface area contributed by atoms with Gasteiger partial charge in [0.25, 0.3) is 0 Å². The van der Waals surface area contributed by atoms with Crippen LogP contribution in [0.4, 0.5) is 0 Å². The van der Waals surface area contributed by atoms with Crippen LogP contribution >= 0.6 is 0 Å². The first-order chi connectivity index (χ1) is 25.8. The average Bonchev–Trinajstić information content (AvgIpc) is 3.90. The third-order valence-electron chi connectivity index (χ3n) is 8.73. The SMILES string of the molecule is C[Si](C)(O[Si](C)(C)O[Si](C)(C)O[Si](C)(C)O[Si](C)(C)c1ccc(OCC2CO2)cc1)O[Si](C)(C)O[Si](C)(C)O[Si](C)(C)O[Si](C)(C)c1ccc(OCC2CO2)cc1. The maximum atomic E-state index is 6.90. The van der Waals surface area contributed by atoms with Crippen LogP contribution < -0.4 is 19.8 Å². The van der Waals surface area contributed by atoms with E-state index in [2.05, 4.69) is 142 Å². The number of hydrogen-bond donors (Lipinski definition) is 0. The highest BCUT2D eigenvalue weighted by molar-refractivity contribution is 6.95. The van der Waals surface area contributed by atoms with Crippen LogP contribution in [-0.2, 0) is 42.4 Å². The number of benzene rings is 2. The normalized spacial score (nSPS) is 18.8. The highest BCUT2D eigenvalue weighted by atomic mass is 28.5. The molecule has 2 heterocycles. The van der Waals surface area contributed by atoms with Crippen molar-refractivity contribution in [2.75, 3.05) is 26.4 Å². The summed E-state index contributed by atoms with van der Waals surface area (Å²) in [5.74, 6) is 1.68. The molecule has 324 valence electrons. The van der Waals surface area contributed by atoms with Gasteiger partial charge in [-0.1, -0.05) is 24.3 Å². The van der Waals surface area contributed by atoms with Gasteiger partial charge in [0.2, 0.25) is 16.6 Å². The lowest BCUT2D eigenvalue weighted by atomic mass is 10.3. The minimum Gasteiger partial charge on any atom is -0.491 e. The highest BCUT2D eigenvalue weighted by Gasteiger charge is 2.50. The van der Waals surface area contributed by atoms with E-state index in [9.17, 15) is 0 Å². The van der Waals surface area contributed by atoms with E-state index in [0.29, 0.717) is 13.2 Å². The first-order valence-electron chi connectivity index (χ1n) is 20.1. The molecule has 2 saturated heterocycles. The summed E-state index contributed by atoms with van der Waals surface area (Å²) >= 11 is 0. The van der Waals surface area contributed by atoms with Gasteiger partial charge in [-0.05, 0) is 152 Å². The van der Waals surface area contributed by atoms with E-state index in [1.54, 1.807) is 0 Å². The van der Waals surface area contributed by atoms with Crippen molar-refractivity contribution in [2.45, 2.75) is 130 Å². The third-order valence-corrected chi connectivity index (χ3v) is 43.8. The maximum absolute atomic E-state index is 6.90. The fraction of sp³-hybridized carbons (Fsp3) is 0.667. The zero-order valence-electron chi connectivity index (χ0n) is 38.0. The fourth-order valence-corrected chi connectivity index (χ4v) is 52.6. The van der Waals surface area contributed by atoms with Gasteiger partial charge >= 0.3 is 59.9 Å². The molecule has 0 saturated carbocycles. The Morgan fingerprint density at radius 3 is 0.789 bits per heavy atom. The Bertz CT molecular complexity index is 1500. The second-order valence-electron chi connectivity index (χ2n) is 19.2. The summed E-state index contributed by atoms with van der Waals surface area (Å²) in [7, 11) is -23.4. The van der Waals surface area contributed by atoms with E-state index in [0.717, 1.165) is 24.7 Å². The van der Waals surface area contributed by atoms with Crippen LogP contribution in [0.15, 0.2) is 48.5 Å². The number of epoxide rings is 2. The molecule has 12 nitrogen and oxygen atoms in total. The molecular formula is C36H72O12Si9. The van der Waals surface area contributed by atoms with Crippen molar-refractivity contribution in [3.05, 3.63) is 48.5 Å². The summed E-state index contributed by atoms with van der Waals surface area (Å²) in [6.07, 6.45) is 0.451. The molecule has 0 spiro atoms. The molecule has 2 aromatic rings. The van der Waals surface area contributed by atoms with Gasteiger partial charge in [-0.2, -0.15) is 0 Å². The van der Waals surface area contributed by atoms with Gasteiger partial charge in [-0.25, -0.2) is 0 Å². The molecule has 2 unspecified atom stereocenters. The molecular weight excluding hydrogens is 877 g/mol. The molecule has 57 heavy (non-hydrogen) atoms. The second-order valence-corrected chi connectivity index (χ2v) is 52.5. The molecule has 21 heteroatoms. The molecule has 4 rings (SSSR count). The fourth-order valence-electron chi connectivity index (χ4n) is 7.66. The van der Waals surface area contributed by atoms with Crippen LogP contribution in [0.3, 0.4) is 0 Å². The van der Waals surface area contributed by atoms with Crippen LogP contribution in [0.5, 0.6) is 11.5 Å². The van der Waals surface area contributed by atoms with E-state index in [-0.39, 0.29) is 12.2 Å². The molecule has 0 aliphatic carbocycles. The Hall–Kier alpha value is -0.408. The van der Waals surface area contributed by atoms with Crippen molar-refractivity contribution >= 4 is 86.9 Å². The van der Waals surface area contributed by atoms with Gasteiger partial charge in [-0.3, -0.25) is 0 Å². The van der Waals surface area contributed by atoms with Crippen LogP contribution in [0.2, 0.25) is 118 Å². The quantitative estimate of drug-likeness (QED) is 0.0755. The second kappa shape index (κ2) is 18.1. The van der Waals surface area contributed by atoms with Crippen LogP contribution in [0.25, 0.3) is 0 Å². The Morgan fingerprint density at radius 2 is 0.579 bits per heavy atom. The maximum Gasteiger partial charge on any atom is 0.314 e. The smallest absolute Gasteiger partial charge is 0.314 e. The first kappa shape index (κ1) is 49.2. The largest absolute Gasteiger partial charge is 0.491 e. The van der Waals surface area contributed by atoms with Crippen LogP contribution in [0.1, 0.15) is 0 Å². The average molecular weight is 950 g/mol. The Balaban J connectivity index is 1.29. The third kappa shape index (κ3) is 17.5. The van der Waals surface area contributed by atoms with E-state index in [1.807, 2.05) is 24.3 Å². The highest BCUT2D eigenvalue weighted by Crippen LogP contribution is 2.30. The summed E-state index contributed by atoms with van der Waals surface area (Å²) in [6.45, 7) is 40.8. The van der Waals surface area contributed by atoms with Crippen LogP contribution in [0, 0.1) is 0 Å². The van der Waals surface area contributed by atoms with E-state index >= 15 is 0 Å². The van der Waals surface area contributed by atoms with Gasteiger partial charge in [0, 0.05) is 0 Å². The van der Waals surface area contributed by atoms with E-state index in [1.165, 1.54) is 10.4 Å². The molecule has 0 amide bonds. The molecule has 2 aliphatic heterocycles. The summed E-state index contributed by atoms with van der Waals surface area (Å²) in [6, 6.07) is 16.5. The van der Waals surface area contributed by atoms with Crippen molar-refractivity contribution in [3.63, 3.8) is 0 Å². The molecule has 2 aliphatic rings. The zero-order valence-corrected chi connectivity index (χ0v) is 47.0. The molecule has 0 aromatic heterocycles. The van der Waals surface area contributed by atoms with Crippen molar-refractivity contribution in [1.82, 2.24) is 0 Å². The number of rotatable bonds is 24. The topological polar surface area (TPSA) is 117 Å². The van der Waals surface area contributed by atoms with Crippen LogP contribution in [-0.4, -0.2) is 115 Å². The Kier molecular flexibility index (Phi) is 15.7. The van der Waals surface area contributed by atoms with Crippen molar-refractivity contribution in [1.29, 1.82) is 0 Å². The minimum atomic E-state index is -2.74. The standard InChI is InChI=1S/C36H72O12Si9/c1-49(2,35-23-19-31(20-24-35)37-27-33-29-39-33)41-51(5,6)43-53(9,10)45-55(13,14)47-57(17,18)48-56(15,16)46-54(11,12)44-52(7,8)42-50(3,4)36-25-21-32(22-26-36)38-28-34-30-40-34/h19-26,33-34H,27-30H2,1-18H3. The van der Waals surface area contributed by atoms with E-state index in [4.69, 9.17) is 51.9 Å². The summed E-state index contributed by atoms with van der Waals surface area (Å²) in [5, 5.41) is 2.37. The van der Waals surface area contributed by atoms with Crippen molar-refractivity contribution in [2.24, 2.45) is 0 Å². The number of ether oxygens (including phenoxy) is 4. The lowest BCUT2D eigenvalue weighted by molar-refractivity contribution is 0.261. The summed E-state index contributed by atoms with van der Waals surface area (Å²) in [5.41, 5.74) is 0. The molecule has 2 atom stereocenters. The monoisotopic (exact) mass is 948 g/mol. The Labute approximate surface area is 353 Å². The Morgan fingerprint density at radius 1 is 0.368 bits per heavy atom. The summed E-state index contributed by atoms with van der Waals surface area (Å²) < 4.78 is 77.1. The molecule has 0 bridgehead atoms. The molecule has 2 aromatic carbocycles. The molecule has 0 radical (unpaired) electrons. The van der Waals surface area contributed by atoms with Gasteiger partial charge in [0.05, 0.1) is 13.2 Å². The predicted molar refractivity (Wildman–Crippen MR) is 249 cm³/mol. The van der Waals surface area contributed by atoms with Gasteiger partial charge in [-0.15, -0.1) is 0 Å². The lowest BCUT2D eigenvalue weighted by Crippen LogP contribution is -2.62. The van der Waals surface area contributed by atoms with Gasteiger partial charge in [0.15, 0.2) is 0 Å².